The minimum absolute atomic E-state index is 0.0588. The summed E-state index contributed by atoms with van der Waals surface area (Å²) in [4.78, 5) is 32.3. The molecule has 4 rings (SSSR count). The number of carbonyl (C=O) groups excluding carboxylic acids is 2. The summed E-state index contributed by atoms with van der Waals surface area (Å²) in [5, 5.41) is 1.39. The van der Waals surface area contributed by atoms with Gasteiger partial charge in [-0.1, -0.05) is 24.3 Å². The lowest BCUT2D eigenvalue weighted by atomic mass is 10.3. The number of esters is 2. The predicted octanol–water partition coefficient (Wildman–Crippen LogP) is 4.25. The van der Waals surface area contributed by atoms with Crippen LogP contribution in [0.15, 0.2) is 60.7 Å². The Hall–Kier alpha value is -3.10. The van der Waals surface area contributed by atoms with Gasteiger partial charge in [0.1, 0.15) is 23.2 Å². The molecule has 0 saturated heterocycles. The van der Waals surface area contributed by atoms with Gasteiger partial charge in [0.05, 0.1) is 20.4 Å². The van der Waals surface area contributed by atoms with Crippen molar-refractivity contribution in [2.24, 2.45) is 0 Å². The van der Waals surface area contributed by atoms with E-state index in [0.29, 0.717) is 10.0 Å². The first-order chi connectivity index (χ1) is 13.7. The molecule has 0 radical (unpaired) electrons. The summed E-state index contributed by atoms with van der Waals surface area (Å²) in [6, 6.07) is 15.4. The van der Waals surface area contributed by atoms with Crippen LogP contribution in [0.25, 0.3) is 20.4 Å². The van der Waals surface area contributed by atoms with Crippen LogP contribution in [0.5, 0.6) is 0 Å². The first-order valence-electron chi connectivity index (χ1n) is 8.38. The highest BCUT2D eigenvalue weighted by Crippen LogP contribution is 2.23. The van der Waals surface area contributed by atoms with Crippen LogP contribution in [0.4, 0.5) is 0 Å². The zero-order valence-corrected chi connectivity index (χ0v) is 16.2. The summed E-state index contributed by atoms with van der Waals surface area (Å²) in [7, 11) is 0. The van der Waals surface area contributed by atoms with Gasteiger partial charge in [-0.25, -0.2) is 19.6 Å². The van der Waals surface area contributed by atoms with Gasteiger partial charge in [0.15, 0.2) is 0 Å². The molecule has 8 heteroatoms. The normalized spacial score (nSPS) is 11.3. The maximum absolute atomic E-state index is 11.8. The fourth-order valence-corrected chi connectivity index (χ4v) is 4.22. The number of thiazole rings is 2. The van der Waals surface area contributed by atoms with Crippen LogP contribution in [0.2, 0.25) is 0 Å². The Bertz CT molecular complexity index is 1020. The van der Waals surface area contributed by atoms with Crippen molar-refractivity contribution >= 4 is 55.0 Å². The summed E-state index contributed by atoms with van der Waals surface area (Å²) in [6.45, 7) is 0.118. The molecular formula is C20H14N2O4S2. The van der Waals surface area contributed by atoms with Gasteiger partial charge >= 0.3 is 11.9 Å². The van der Waals surface area contributed by atoms with Gasteiger partial charge in [0.2, 0.25) is 0 Å². The number of carbonyl (C=O) groups is 2. The van der Waals surface area contributed by atoms with Crippen molar-refractivity contribution in [3.05, 3.63) is 70.7 Å². The van der Waals surface area contributed by atoms with E-state index in [1.54, 1.807) is 0 Å². The molecule has 0 saturated carbocycles. The van der Waals surface area contributed by atoms with E-state index in [1.165, 1.54) is 22.7 Å². The van der Waals surface area contributed by atoms with E-state index in [2.05, 4.69) is 9.97 Å². The number of fused-ring (bicyclic) bond motifs is 2. The first kappa shape index (κ1) is 18.3. The van der Waals surface area contributed by atoms with Crippen LogP contribution in [-0.4, -0.2) is 21.9 Å². The largest absolute Gasteiger partial charge is 0.455 e. The fourth-order valence-electron chi connectivity index (χ4n) is 2.46. The van der Waals surface area contributed by atoms with Crippen molar-refractivity contribution in [2.45, 2.75) is 13.2 Å². The molecule has 0 bridgehead atoms. The Morgan fingerprint density at radius 3 is 1.61 bits per heavy atom. The van der Waals surface area contributed by atoms with Crippen LogP contribution >= 0.6 is 22.7 Å². The van der Waals surface area contributed by atoms with Crippen LogP contribution in [0, 0.1) is 0 Å². The van der Waals surface area contributed by atoms with Gasteiger partial charge in [0.25, 0.3) is 0 Å². The summed E-state index contributed by atoms with van der Waals surface area (Å²) in [5.74, 6) is -1.26. The SMILES string of the molecule is O=C(/C=C/C(=O)OCc1nc2ccccc2s1)OCc1nc2ccccc2s1. The number of benzene rings is 2. The van der Waals surface area contributed by atoms with E-state index in [-0.39, 0.29) is 13.2 Å². The van der Waals surface area contributed by atoms with Gasteiger partial charge in [-0.05, 0) is 24.3 Å². The van der Waals surface area contributed by atoms with E-state index in [1.807, 2.05) is 48.5 Å². The van der Waals surface area contributed by atoms with Crippen molar-refractivity contribution in [2.75, 3.05) is 0 Å². The number of hydrogen-bond acceptors (Lipinski definition) is 8. The molecule has 0 fully saturated rings. The highest BCUT2D eigenvalue weighted by molar-refractivity contribution is 7.18. The zero-order valence-electron chi connectivity index (χ0n) is 14.5. The molecule has 0 atom stereocenters. The molecule has 0 aliphatic carbocycles. The molecular weight excluding hydrogens is 396 g/mol. The van der Waals surface area contributed by atoms with E-state index in [4.69, 9.17) is 9.47 Å². The maximum Gasteiger partial charge on any atom is 0.331 e. The number of rotatable bonds is 6. The second-order valence-corrected chi connectivity index (χ2v) is 7.93. The Morgan fingerprint density at radius 1 is 0.750 bits per heavy atom. The molecule has 2 aromatic heterocycles. The van der Waals surface area contributed by atoms with Crippen molar-refractivity contribution in [3.63, 3.8) is 0 Å². The molecule has 4 aromatic rings. The minimum atomic E-state index is -0.629. The van der Waals surface area contributed by atoms with Crippen LogP contribution in [0.1, 0.15) is 10.0 Å². The quantitative estimate of drug-likeness (QED) is 0.349. The molecule has 0 aliphatic heterocycles. The monoisotopic (exact) mass is 410 g/mol. The standard InChI is InChI=1S/C20H14N2O4S2/c23-19(25-11-17-21-13-5-1-3-7-15(13)27-17)9-10-20(24)26-12-18-22-14-6-2-4-8-16(14)28-18/h1-10H,11-12H2/b10-9+. The summed E-state index contributed by atoms with van der Waals surface area (Å²) >= 11 is 2.92. The average molecular weight is 410 g/mol. The average Bonchev–Trinajstić information content (AvgIpc) is 3.32. The molecule has 0 aliphatic rings. The van der Waals surface area contributed by atoms with Gasteiger partial charge in [-0.2, -0.15) is 0 Å². The molecule has 0 unspecified atom stereocenters. The molecule has 0 spiro atoms. The third-order valence-corrected chi connectivity index (χ3v) is 5.73. The second-order valence-electron chi connectivity index (χ2n) is 5.70. The summed E-state index contributed by atoms with van der Waals surface area (Å²) in [5.41, 5.74) is 1.74. The predicted molar refractivity (Wildman–Crippen MR) is 108 cm³/mol. The minimum Gasteiger partial charge on any atom is -0.455 e. The van der Waals surface area contributed by atoms with Crippen LogP contribution < -0.4 is 0 Å². The molecule has 140 valence electrons. The third-order valence-electron chi connectivity index (χ3n) is 3.71. The van der Waals surface area contributed by atoms with Crippen molar-refractivity contribution < 1.29 is 19.1 Å². The number of para-hydroxylation sites is 2. The van der Waals surface area contributed by atoms with Gasteiger partial charge in [-0.15, -0.1) is 22.7 Å². The lowest BCUT2D eigenvalue weighted by Crippen LogP contribution is -2.04. The Labute approximate surface area is 168 Å². The molecule has 0 amide bonds. The summed E-state index contributed by atoms with van der Waals surface area (Å²) < 4.78 is 12.3. The fraction of sp³-hybridized carbons (Fsp3) is 0.100. The van der Waals surface area contributed by atoms with Crippen molar-refractivity contribution in [1.82, 2.24) is 9.97 Å². The lowest BCUT2D eigenvalue weighted by Gasteiger charge is -1.99. The number of aromatic nitrogens is 2. The lowest BCUT2D eigenvalue weighted by molar-refractivity contribution is -0.141. The van der Waals surface area contributed by atoms with Gasteiger partial charge < -0.3 is 9.47 Å². The van der Waals surface area contributed by atoms with Crippen LogP contribution in [-0.2, 0) is 32.3 Å². The highest BCUT2D eigenvalue weighted by Gasteiger charge is 2.08. The van der Waals surface area contributed by atoms with Crippen molar-refractivity contribution in [3.8, 4) is 0 Å². The van der Waals surface area contributed by atoms with Gasteiger partial charge in [0, 0.05) is 12.2 Å². The number of hydrogen-bond donors (Lipinski definition) is 0. The van der Waals surface area contributed by atoms with Crippen LogP contribution in [0.3, 0.4) is 0 Å². The maximum atomic E-state index is 11.8. The van der Waals surface area contributed by atoms with Crippen molar-refractivity contribution in [1.29, 1.82) is 0 Å². The smallest absolute Gasteiger partial charge is 0.331 e. The topological polar surface area (TPSA) is 78.4 Å². The molecule has 2 aromatic carbocycles. The first-order valence-corrected chi connectivity index (χ1v) is 10.0. The van der Waals surface area contributed by atoms with E-state index in [0.717, 1.165) is 32.6 Å². The second kappa shape index (κ2) is 8.28. The molecule has 6 nitrogen and oxygen atoms in total. The number of ether oxygens (including phenoxy) is 2. The third kappa shape index (κ3) is 4.41. The molecule has 2 heterocycles. The van der Waals surface area contributed by atoms with E-state index < -0.39 is 11.9 Å². The number of nitrogens with zero attached hydrogens (tertiary/aromatic N) is 2. The molecule has 28 heavy (non-hydrogen) atoms. The van der Waals surface area contributed by atoms with E-state index in [9.17, 15) is 9.59 Å². The van der Waals surface area contributed by atoms with E-state index >= 15 is 0 Å². The molecule has 0 N–H and O–H groups in total. The highest BCUT2D eigenvalue weighted by atomic mass is 32.1. The Balaban J connectivity index is 1.25. The zero-order chi connectivity index (χ0) is 19.3. The van der Waals surface area contributed by atoms with Gasteiger partial charge in [-0.3, -0.25) is 0 Å². The Morgan fingerprint density at radius 2 is 1.18 bits per heavy atom. The summed E-state index contributed by atoms with van der Waals surface area (Å²) in [6.07, 6.45) is 2.10. The Kier molecular flexibility index (Phi) is 5.41.